The zero-order valence-corrected chi connectivity index (χ0v) is 8.33. The van der Waals surface area contributed by atoms with Crippen LogP contribution in [0.3, 0.4) is 0 Å². The van der Waals surface area contributed by atoms with Crippen LogP contribution in [0.4, 0.5) is 0 Å². The molecule has 72 valence electrons. The molecule has 0 spiro atoms. The monoisotopic (exact) mass is 180 g/mol. The molecule has 0 saturated heterocycles. The average Bonchev–Trinajstić information content (AvgIpc) is 2.01. The van der Waals surface area contributed by atoms with E-state index in [9.17, 15) is 5.11 Å². The summed E-state index contributed by atoms with van der Waals surface area (Å²) in [7, 11) is 0. The molecule has 0 aliphatic rings. The number of aryl methyl sites for hydroxylation is 1. The summed E-state index contributed by atoms with van der Waals surface area (Å²) in [6, 6.07) is 5.70. The van der Waals surface area contributed by atoms with E-state index in [-0.39, 0.29) is 6.61 Å². The maximum absolute atomic E-state index is 9.78. The molecule has 1 rings (SSSR count). The van der Waals surface area contributed by atoms with Crippen LogP contribution in [-0.4, -0.2) is 10.2 Å². The van der Waals surface area contributed by atoms with Gasteiger partial charge in [0, 0.05) is 0 Å². The molecule has 0 aliphatic carbocycles. The molecule has 1 aromatic rings. The summed E-state index contributed by atoms with van der Waals surface area (Å²) in [5.74, 6) is 0. The van der Waals surface area contributed by atoms with Crippen molar-refractivity contribution in [3.63, 3.8) is 0 Å². The van der Waals surface area contributed by atoms with E-state index in [1.54, 1.807) is 13.8 Å². The molecule has 0 aliphatic heterocycles. The summed E-state index contributed by atoms with van der Waals surface area (Å²) >= 11 is 0. The summed E-state index contributed by atoms with van der Waals surface area (Å²) in [5, 5.41) is 18.9. The molecule has 0 unspecified atom stereocenters. The van der Waals surface area contributed by atoms with Crippen LogP contribution in [0.5, 0.6) is 0 Å². The van der Waals surface area contributed by atoms with E-state index in [1.165, 1.54) is 0 Å². The first kappa shape index (κ1) is 10.2. The third-order valence-electron chi connectivity index (χ3n) is 2.09. The van der Waals surface area contributed by atoms with Crippen LogP contribution < -0.4 is 0 Å². The van der Waals surface area contributed by atoms with Crippen molar-refractivity contribution in [1.29, 1.82) is 0 Å². The van der Waals surface area contributed by atoms with Gasteiger partial charge in [0.05, 0.1) is 12.2 Å². The largest absolute Gasteiger partial charge is 0.392 e. The van der Waals surface area contributed by atoms with Crippen LogP contribution in [0.1, 0.15) is 30.5 Å². The van der Waals surface area contributed by atoms with Gasteiger partial charge in [-0.2, -0.15) is 0 Å². The highest BCUT2D eigenvalue weighted by Crippen LogP contribution is 2.24. The van der Waals surface area contributed by atoms with E-state index in [0.717, 1.165) is 16.7 Å². The lowest BCUT2D eigenvalue weighted by molar-refractivity contribution is 0.0759. The maximum Gasteiger partial charge on any atom is 0.0844 e. The Balaban J connectivity index is 3.22. The van der Waals surface area contributed by atoms with Crippen molar-refractivity contribution < 1.29 is 10.2 Å². The fourth-order valence-corrected chi connectivity index (χ4v) is 1.45. The van der Waals surface area contributed by atoms with Crippen molar-refractivity contribution in [2.75, 3.05) is 0 Å². The lowest BCUT2D eigenvalue weighted by Crippen LogP contribution is -2.18. The van der Waals surface area contributed by atoms with Gasteiger partial charge in [-0.15, -0.1) is 0 Å². The molecule has 0 atom stereocenters. The average molecular weight is 180 g/mol. The minimum Gasteiger partial charge on any atom is -0.392 e. The number of aliphatic hydroxyl groups is 2. The van der Waals surface area contributed by atoms with Crippen molar-refractivity contribution in [1.82, 2.24) is 0 Å². The molecule has 2 heteroatoms. The van der Waals surface area contributed by atoms with Crippen molar-refractivity contribution in [2.45, 2.75) is 33.0 Å². The number of aliphatic hydroxyl groups excluding tert-OH is 1. The van der Waals surface area contributed by atoms with E-state index >= 15 is 0 Å². The summed E-state index contributed by atoms with van der Waals surface area (Å²) < 4.78 is 0. The Morgan fingerprint density at radius 2 is 1.92 bits per heavy atom. The highest BCUT2D eigenvalue weighted by atomic mass is 16.3. The summed E-state index contributed by atoms with van der Waals surface area (Å²) in [6.45, 7) is 5.38. The quantitative estimate of drug-likeness (QED) is 0.727. The van der Waals surface area contributed by atoms with Gasteiger partial charge >= 0.3 is 0 Å². The van der Waals surface area contributed by atoms with E-state index in [2.05, 4.69) is 0 Å². The highest BCUT2D eigenvalue weighted by molar-refractivity contribution is 5.34. The Morgan fingerprint density at radius 1 is 1.31 bits per heavy atom. The van der Waals surface area contributed by atoms with E-state index in [0.29, 0.717) is 0 Å². The Bertz CT molecular complexity index is 297. The van der Waals surface area contributed by atoms with Gasteiger partial charge in [-0.05, 0) is 31.9 Å². The van der Waals surface area contributed by atoms with Gasteiger partial charge < -0.3 is 10.2 Å². The van der Waals surface area contributed by atoms with Gasteiger partial charge in [0.2, 0.25) is 0 Å². The first-order valence-corrected chi connectivity index (χ1v) is 4.38. The normalized spacial score (nSPS) is 11.8. The second-order valence-corrected chi connectivity index (χ2v) is 3.88. The molecule has 0 aromatic heterocycles. The van der Waals surface area contributed by atoms with Crippen LogP contribution in [0.2, 0.25) is 0 Å². The fourth-order valence-electron chi connectivity index (χ4n) is 1.45. The van der Waals surface area contributed by atoms with Crippen LogP contribution in [0, 0.1) is 6.92 Å². The molecule has 2 N–H and O–H groups in total. The molecule has 0 bridgehead atoms. The number of benzene rings is 1. The number of hydrogen-bond acceptors (Lipinski definition) is 2. The molecular weight excluding hydrogens is 164 g/mol. The van der Waals surface area contributed by atoms with Gasteiger partial charge in [0.15, 0.2) is 0 Å². The predicted octanol–water partition coefficient (Wildman–Crippen LogP) is 1.71. The zero-order chi connectivity index (χ0) is 10.1. The third kappa shape index (κ3) is 2.29. The Hall–Kier alpha value is -0.860. The standard InChI is InChI=1S/C11H16O2/c1-8-4-5-10(11(2,3)13)9(6-8)7-12/h4-6,12-13H,7H2,1-3H3. The lowest BCUT2D eigenvalue weighted by Gasteiger charge is -2.21. The SMILES string of the molecule is Cc1ccc(C(C)(C)O)c(CO)c1. The minimum absolute atomic E-state index is 0.0268. The Kier molecular flexibility index (Phi) is 2.74. The first-order valence-electron chi connectivity index (χ1n) is 4.38. The minimum atomic E-state index is -0.883. The van der Waals surface area contributed by atoms with Crippen molar-refractivity contribution in [3.05, 3.63) is 34.9 Å². The Morgan fingerprint density at radius 3 is 2.38 bits per heavy atom. The second kappa shape index (κ2) is 3.48. The van der Waals surface area contributed by atoms with Gasteiger partial charge in [-0.25, -0.2) is 0 Å². The predicted molar refractivity (Wildman–Crippen MR) is 52.3 cm³/mol. The van der Waals surface area contributed by atoms with E-state index < -0.39 is 5.60 Å². The molecule has 0 fully saturated rings. The molecular formula is C11H16O2. The summed E-state index contributed by atoms with van der Waals surface area (Å²) in [6.07, 6.45) is 0. The Labute approximate surface area is 78.8 Å². The first-order chi connectivity index (χ1) is 5.95. The molecule has 0 amide bonds. The summed E-state index contributed by atoms with van der Waals surface area (Å²) in [5.41, 5.74) is 1.80. The maximum atomic E-state index is 9.78. The van der Waals surface area contributed by atoms with Gasteiger partial charge in [0.25, 0.3) is 0 Å². The van der Waals surface area contributed by atoms with Crippen LogP contribution in [0.25, 0.3) is 0 Å². The van der Waals surface area contributed by atoms with Gasteiger partial charge in [-0.3, -0.25) is 0 Å². The second-order valence-electron chi connectivity index (χ2n) is 3.88. The smallest absolute Gasteiger partial charge is 0.0844 e. The van der Waals surface area contributed by atoms with Gasteiger partial charge in [-0.1, -0.05) is 23.8 Å². The van der Waals surface area contributed by atoms with E-state index in [4.69, 9.17) is 5.11 Å². The highest BCUT2D eigenvalue weighted by Gasteiger charge is 2.19. The van der Waals surface area contributed by atoms with Crippen LogP contribution in [-0.2, 0) is 12.2 Å². The molecule has 13 heavy (non-hydrogen) atoms. The number of rotatable bonds is 2. The van der Waals surface area contributed by atoms with Crippen molar-refractivity contribution in [3.8, 4) is 0 Å². The van der Waals surface area contributed by atoms with E-state index in [1.807, 2.05) is 25.1 Å². The molecule has 2 nitrogen and oxygen atoms in total. The fraction of sp³-hybridized carbons (Fsp3) is 0.455. The topological polar surface area (TPSA) is 40.5 Å². The molecule has 0 heterocycles. The third-order valence-corrected chi connectivity index (χ3v) is 2.09. The van der Waals surface area contributed by atoms with Crippen LogP contribution >= 0.6 is 0 Å². The van der Waals surface area contributed by atoms with Crippen molar-refractivity contribution >= 4 is 0 Å². The zero-order valence-electron chi connectivity index (χ0n) is 8.33. The molecule has 0 saturated carbocycles. The van der Waals surface area contributed by atoms with Crippen LogP contribution in [0.15, 0.2) is 18.2 Å². The van der Waals surface area contributed by atoms with Gasteiger partial charge in [0.1, 0.15) is 0 Å². The molecule has 0 radical (unpaired) electrons. The van der Waals surface area contributed by atoms with Crippen molar-refractivity contribution in [2.24, 2.45) is 0 Å². The molecule has 1 aromatic carbocycles. The summed E-state index contributed by atoms with van der Waals surface area (Å²) in [4.78, 5) is 0. The lowest BCUT2D eigenvalue weighted by atomic mass is 9.92. The number of hydrogen-bond donors (Lipinski definition) is 2.